The molecule has 182 valence electrons. The fraction of sp³-hybridized carbons (Fsp3) is 0.269. The van der Waals surface area contributed by atoms with Gasteiger partial charge < -0.3 is 28.8 Å². The van der Waals surface area contributed by atoms with E-state index < -0.39 is 29.5 Å². The van der Waals surface area contributed by atoms with E-state index >= 15 is 0 Å². The molecule has 9 nitrogen and oxygen atoms in total. The topological polar surface area (TPSA) is 110 Å². The molecular weight excluding hydrogens is 452 g/mol. The molecule has 35 heavy (non-hydrogen) atoms. The zero-order valence-electron chi connectivity index (χ0n) is 19.9. The van der Waals surface area contributed by atoms with Gasteiger partial charge >= 0.3 is 5.97 Å². The van der Waals surface area contributed by atoms with Gasteiger partial charge in [-0.25, -0.2) is 0 Å². The van der Waals surface area contributed by atoms with Crippen LogP contribution in [0.1, 0.15) is 29.1 Å². The van der Waals surface area contributed by atoms with Crippen molar-refractivity contribution in [3.8, 4) is 11.5 Å². The van der Waals surface area contributed by atoms with Gasteiger partial charge in [0.1, 0.15) is 5.75 Å². The number of hydrogen-bond acceptors (Lipinski definition) is 8. The summed E-state index contributed by atoms with van der Waals surface area (Å²) in [7, 11) is 5.23. The number of aliphatic hydroxyl groups excluding tert-OH is 1. The molecule has 0 fully saturated rings. The Bertz CT molecular complexity index is 1320. The first kappa shape index (κ1) is 24.0. The van der Waals surface area contributed by atoms with E-state index in [1.54, 1.807) is 48.5 Å². The van der Waals surface area contributed by atoms with Gasteiger partial charge in [-0.05, 0) is 43.9 Å². The monoisotopic (exact) mass is 478 g/mol. The second kappa shape index (κ2) is 9.63. The Balaban J connectivity index is 1.77. The Kier molecular flexibility index (Phi) is 6.61. The lowest BCUT2D eigenvalue weighted by Gasteiger charge is -2.28. The maximum absolute atomic E-state index is 13.6. The molecule has 0 saturated heterocycles. The van der Waals surface area contributed by atoms with Gasteiger partial charge in [0, 0.05) is 25.4 Å². The summed E-state index contributed by atoms with van der Waals surface area (Å²) < 4.78 is 16.2. The maximum Gasteiger partial charge on any atom is 0.308 e. The van der Waals surface area contributed by atoms with Crippen LogP contribution in [0.4, 0.5) is 0 Å². The molecule has 0 saturated carbocycles. The van der Waals surface area contributed by atoms with Crippen LogP contribution in [0.15, 0.2) is 64.3 Å². The van der Waals surface area contributed by atoms with Crippen molar-refractivity contribution in [2.75, 3.05) is 34.3 Å². The molecule has 4 rings (SSSR count). The Hall–Kier alpha value is -4.11. The van der Waals surface area contributed by atoms with Crippen molar-refractivity contribution < 1.29 is 33.4 Å². The first-order chi connectivity index (χ1) is 16.7. The molecule has 0 bridgehead atoms. The van der Waals surface area contributed by atoms with Crippen LogP contribution in [0.25, 0.3) is 11.0 Å². The van der Waals surface area contributed by atoms with Gasteiger partial charge in [-0.2, -0.15) is 0 Å². The third-order valence-electron chi connectivity index (χ3n) is 5.75. The highest BCUT2D eigenvalue weighted by atomic mass is 16.5. The normalized spacial score (nSPS) is 15.9. The summed E-state index contributed by atoms with van der Waals surface area (Å²) >= 11 is 0. The van der Waals surface area contributed by atoms with E-state index in [4.69, 9.17) is 13.9 Å². The summed E-state index contributed by atoms with van der Waals surface area (Å²) in [4.78, 5) is 41.3. The van der Waals surface area contributed by atoms with Crippen molar-refractivity contribution in [3.63, 3.8) is 0 Å². The minimum Gasteiger partial charge on any atom is -0.503 e. The number of nitrogens with zero attached hydrogens (tertiary/aromatic N) is 2. The molecule has 1 N–H and O–H groups in total. The molecule has 1 amide bonds. The van der Waals surface area contributed by atoms with Crippen LogP contribution in [-0.2, 0) is 9.59 Å². The van der Waals surface area contributed by atoms with E-state index in [1.807, 2.05) is 19.0 Å². The van der Waals surface area contributed by atoms with Gasteiger partial charge in [0.25, 0.3) is 5.91 Å². The number of ketones is 1. The summed E-state index contributed by atoms with van der Waals surface area (Å²) in [5, 5.41) is 11.5. The van der Waals surface area contributed by atoms with E-state index in [2.05, 4.69) is 0 Å². The molecule has 3 aromatic rings. The number of hydrogen-bond donors (Lipinski definition) is 1. The number of amides is 1. The third-order valence-corrected chi connectivity index (χ3v) is 5.75. The van der Waals surface area contributed by atoms with Crippen molar-refractivity contribution >= 4 is 28.6 Å². The van der Waals surface area contributed by atoms with Crippen LogP contribution >= 0.6 is 0 Å². The number of ether oxygens (including phenoxy) is 2. The number of rotatable bonds is 8. The number of likely N-dealkylation sites (N-methyl/N-ethyl adjacent to an activating group) is 1. The Morgan fingerprint density at radius 2 is 1.86 bits per heavy atom. The minimum atomic E-state index is -0.851. The predicted octanol–water partition coefficient (Wildman–Crippen LogP) is 3.51. The number of Topliss-reactive ketones (excluding diaryl/α,β-unsaturated/α-hetero) is 1. The van der Waals surface area contributed by atoms with E-state index in [0.717, 1.165) is 0 Å². The highest BCUT2D eigenvalue weighted by Crippen LogP contribution is 2.40. The predicted molar refractivity (Wildman–Crippen MR) is 128 cm³/mol. The minimum absolute atomic E-state index is 0.0187. The van der Waals surface area contributed by atoms with Crippen LogP contribution < -0.4 is 9.47 Å². The molecule has 1 unspecified atom stereocenters. The lowest BCUT2D eigenvalue weighted by molar-refractivity contribution is -0.132. The fourth-order valence-corrected chi connectivity index (χ4v) is 4.10. The number of benzene rings is 2. The van der Waals surface area contributed by atoms with Crippen LogP contribution in [0.3, 0.4) is 0 Å². The third kappa shape index (κ3) is 4.63. The maximum atomic E-state index is 13.6. The van der Waals surface area contributed by atoms with Gasteiger partial charge in [0.2, 0.25) is 5.78 Å². The molecule has 2 heterocycles. The fourth-order valence-electron chi connectivity index (χ4n) is 4.10. The standard InChI is InChI=1S/C26H26N2O7/c1-15(29)34-18-10-8-16(9-11-18)22-21(24(31)26(32)28(22)13-12-27(2)3)23(30)20-14-17-6-5-7-19(33-4)25(17)35-20/h5-11,14,22,31H,12-13H2,1-4H3. The van der Waals surface area contributed by atoms with Crippen molar-refractivity contribution in [3.05, 3.63) is 71.2 Å². The van der Waals surface area contributed by atoms with Crippen molar-refractivity contribution in [1.82, 2.24) is 9.80 Å². The number of methoxy groups -OCH3 is 1. The summed E-state index contributed by atoms with van der Waals surface area (Å²) in [6, 6.07) is 12.5. The van der Waals surface area contributed by atoms with Crippen molar-refractivity contribution in [2.45, 2.75) is 13.0 Å². The van der Waals surface area contributed by atoms with E-state index in [9.17, 15) is 19.5 Å². The number of aliphatic hydroxyl groups is 1. The number of esters is 1. The molecule has 9 heteroatoms. The van der Waals surface area contributed by atoms with Gasteiger partial charge in [-0.15, -0.1) is 0 Å². The highest BCUT2D eigenvalue weighted by Gasteiger charge is 2.44. The van der Waals surface area contributed by atoms with Gasteiger partial charge in [0.15, 0.2) is 22.9 Å². The van der Waals surface area contributed by atoms with E-state index in [0.29, 0.717) is 34.6 Å². The van der Waals surface area contributed by atoms with Crippen LogP contribution in [0.5, 0.6) is 11.5 Å². The largest absolute Gasteiger partial charge is 0.503 e. The number of fused-ring (bicyclic) bond motifs is 1. The first-order valence-electron chi connectivity index (χ1n) is 11.0. The molecule has 1 aliphatic rings. The molecule has 0 radical (unpaired) electrons. The molecule has 1 aromatic heterocycles. The molecule has 1 atom stereocenters. The lowest BCUT2D eigenvalue weighted by atomic mass is 9.95. The zero-order valence-corrected chi connectivity index (χ0v) is 19.9. The zero-order chi connectivity index (χ0) is 25.3. The quantitative estimate of drug-likeness (QED) is 0.298. The van der Waals surface area contributed by atoms with Crippen molar-refractivity contribution in [1.29, 1.82) is 0 Å². The molecular formula is C26H26N2O7. The Morgan fingerprint density at radius 1 is 1.14 bits per heavy atom. The van der Waals surface area contributed by atoms with Crippen LogP contribution in [-0.4, -0.2) is 66.9 Å². The second-order valence-electron chi connectivity index (χ2n) is 8.45. The van der Waals surface area contributed by atoms with Gasteiger partial charge in [-0.3, -0.25) is 14.4 Å². The Labute approximate surface area is 202 Å². The molecule has 2 aromatic carbocycles. The van der Waals surface area contributed by atoms with Gasteiger partial charge in [-0.1, -0.05) is 24.3 Å². The average molecular weight is 479 g/mol. The first-order valence-corrected chi connectivity index (χ1v) is 11.0. The SMILES string of the molecule is COc1cccc2cc(C(=O)C3=C(O)C(=O)N(CCN(C)C)C3c3ccc(OC(C)=O)cc3)oc12. The summed E-state index contributed by atoms with van der Waals surface area (Å²) in [5.41, 5.74) is 0.899. The average Bonchev–Trinajstić information content (AvgIpc) is 3.37. The Morgan fingerprint density at radius 3 is 2.49 bits per heavy atom. The van der Waals surface area contributed by atoms with E-state index in [-0.39, 0.29) is 17.9 Å². The van der Waals surface area contributed by atoms with Crippen LogP contribution in [0.2, 0.25) is 0 Å². The second-order valence-corrected chi connectivity index (χ2v) is 8.45. The summed E-state index contributed by atoms with van der Waals surface area (Å²) in [6.45, 7) is 2.09. The lowest BCUT2D eigenvalue weighted by Crippen LogP contribution is -2.36. The number of carbonyl (C=O) groups excluding carboxylic acids is 3. The molecule has 0 spiro atoms. The van der Waals surface area contributed by atoms with E-state index in [1.165, 1.54) is 18.9 Å². The van der Waals surface area contributed by atoms with Crippen molar-refractivity contribution in [2.24, 2.45) is 0 Å². The van der Waals surface area contributed by atoms with Crippen LogP contribution in [0, 0.1) is 0 Å². The summed E-state index contributed by atoms with van der Waals surface area (Å²) in [6.07, 6.45) is 0. The number of furan rings is 1. The molecule has 1 aliphatic heterocycles. The smallest absolute Gasteiger partial charge is 0.308 e. The highest BCUT2D eigenvalue weighted by molar-refractivity contribution is 6.16. The summed E-state index contributed by atoms with van der Waals surface area (Å²) in [5.74, 6) is -1.54. The molecule has 0 aliphatic carbocycles. The number of para-hydroxylation sites is 1. The number of carbonyl (C=O) groups is 3. The van der Waals surface area contributed by atoms with Gasteiger partial charge in [0.05, 0.1) is 18.7 Å².